The summed E-state index contributed by atoms with van der Waals surface area (Å²) >= 11 is 0. The highest BCUT2D eigenvalue weighted by molar-refractivity contribution is 7.89. The van der Waals surface area contributed by atoms with Gasteiger partial charge in [0.05, 0.1) is 5.69 Å². The number of primary sulfonamides is 1. The smallest absolute Gasteiger partial charge is 0.360 e. The molecule has 0 unspecified atom stereocenters. The van der Waals surface area contributed by atoms with E-state index in [2.05, 4.69) is 10.2 Å². The van der Waals surface area contributed by atoms with Gasteiger partial charge in [0.15, 0.2) is 5.69 Å². The van der Waals surface area contributed by atoms with Gasteiger partial charge < -0.3 is 4.74 Å². The van der Waals surface area contributed by atoms with Gasteiger partial charge in [0, 0.05) is 0 Å². The Morgan fingerprint density at radius 2 is 1.95 bits per heavy atom. The van der Waals surface area contributed by atoms with Crippen LogP contribution in [-0.4, -0.2) is 30.7 Å². The first-order valence-electron chi connectivity index (χ1n) is 7.12. The lowest BCUT2D eigenvalue weighted by molar-refractivity contribution is 0.0200. The van der Waals surface area contributed by atoms with Gasteiger partial charge in [-0.25, -0.2) is 18.4 Å². The van der Waals surface area contributed by atoms with Crippen LogP contribution in [0.5, 0.6) is 0 Å². The van der Waals surface area contributed by atoms with Gasteiger partial charge in [-0.2, -0.15) is 5.10 Å². The summed E-state index contributed by atoms with van der Waals surface area (Å²) in [6.45, 7) is 3.58. The number of rotatable bonds is 4. The quantitative estimate of drug-likeness (QED) is 0.820. The highest BCUT2D eigenvalue weighted by Gasteiger charge is 2.31. The molecule has 1 saturated carbocycles. The first-order chi connectivity index (χ1) is 9.80. The van der Waals surface area contributed by atoms with Crippen molar-refractivity contribution in [3.05, 3.63) is 11.4 Å². The molecule has 1 aliphatic rings. The average Bonchev–Trinajstić information content (AvgIpc) is 2.84. The third-order valence-corrected chi connectivity index (χ3v) is 4.61. The van der Waals surface area contributed by atoms with Gasteiger partial charge in [-0.3, -0.25) is 5.10 Å². The third-order valence-electron chi connectivity index (χ3n) is 3.63. The van der Waals surface area contributed by atoms with Gasteiger partial charge in [-0.15, -0.1) is 0 Å². The molecule has 7 nitrogen and oxygen atoms in total. The second kappa shape index (κ2) is 6.15. The van der Waals surface area contributed by atoms with E-state index in [1.54, 1.807) is 13.8 Å². The molecule has 2 rings (SSSR count). The van der Waals surface area contributed by atoms with Gasteiger partial charge in [0.25, 0.3) is 0 Å². The van der Waals surface area contributed by atoms with Crippen LogP contribution in [0.15, 0.2) is 4.90 Å². The number of ether oxygens (including phenoxy) is 1. The van der Waals surface area contributed by atoms with Crippen molar-refractivity contribution in [1.29, 1.82) is 0 Å². The molecule has 0 bridgehead atoms. The number of aromatic nitrogens is 2. The van der Waals surface area contributed by atoms with Gasteiger partial charge in [0.1, 0.15) is 11.0 Å². The Balaban J connectivity index is 2.28. The van der Waals surface area contributed by atoms with E-state index in [0.29, 0.717) is 5.69 Å². The maximum Gasteiger partial charge on any atom is 0.360 e. The second-order valence-electron chi connectivity index (χ2n) is 5.68. The highest BCUT2D eigenvalue weighted by Crippen LogP contribution is 2.26. The van der Waals surface area contributed by atoms with E-state index in [1.165, 1.54) is 0 Å². The van der Waals surface area contributed by atoms with Crippen molar-refractivity contribution in [3.63, 3.8) is 0 Å². The number of sulfonamides is 1. The number of nitrogens with zero attached hydrogens (tertiary/aromatic N) is 1. The fourth-order valence-electron chi connectivity index (χ4n) is 2.55. The number of H-pyrrole nitrogens is 1. The number of aromatic amines is 1. The summed E-state index contributed by atoms with van der Waals surface area (Å²) in [6.07, 6.45) is 4.60. The standard InChI is InChI=1S/C13H21N3O4S/c1-8(2)10-12(21(14,18)19)11(16-15-10)13(17)20-9-6-4-3-5-7-9/h8-9H,3-7H2,1-2H3,(H,15,16)(H2,14,18,19). The van der Waals surface area contributed by atoms with Crippen molar-refractivity contribution in [1.82, 2.24) is 10.2 Å². The van der Waals surface area contributed by atoms with Gasteiger partial charge >= 0.3 is 5.97 Å². The Hall–Kier alpha value is -1.41. The summed E-state index contributed by atoms with van der Waals surface area (Å²) in [5.41, 5.74) is 0.0832. The molecule has 0 amide bonds. The molecular weight excluding hydrogens is 294 g/mol. The SMILES string of the molecule is CC(C)c1[nH]nc(C(=O)OC2CCCCC2)c1S(N)(=O)=O. The van der Waals surface area contributed by atoms with E-state index in [4.69, 9.17) is 9.88 Å². The zero-order chi connectivity index (χ0) is 15.6. The van der Waals surface area contributed by atoms with Crippen LogP contribution in [0, 0.1) is 0 Å². The number of nitrogens with one attached hydrogen (secondary N) is 1. The van der Waals surface area contributed by atoms with Crippen LogP contribution in [-0.2, 0) is 14.8 Å². The lowest BCUT2D eigenvalue weighted by Crippen LogP contribution is -2.24. The molecule has 118 valence electrons. The maximum atomic E-state index is 12.2. The van der Waals surface area contributed by atoms with Crippen molar-refractivity contribution in [2.24, 2.45) is 5.14 Å². The molecule has 21 heavy (non-hydrogen) atoms. The Kier molecular flexibility index (Phi) is 4.67. The summed E-state index contributed by atoms with van der Waals surface area (Å²) in [5.74, 6) is -0.879. The van der Waals surface area contributed by atoms with Crippen molar-refractivity contribution in [3.8, 4) is 0 Å². The molecule has 0 aromatic carbocycles. The molecular formula is C13H21N3O4S. The topological polar surface area (TPSA) is 115 Å². The Bertz CT molecular complexity index is 615. The molecule has 1 aromatic heterocycles. The Labute approximate surface area is 124 Å². The number of carbonyl (C=O) groups excluding carboxylic acids is 1. The van der Waals surface area contributed by atoms with Gasteiger partial charge in [0.2, 0.25) is 10.0 Å². The van der Waals surface area contributed by atoms with Crippen LogP contribution in [0.3, 0.4) is 0 Å². The summed E-state index contributed by atoms with van der Waals surface area (Å²) in [6, 6.07) is 0. The fraction of sp³-hybridized carbons (Fsp3) is 0.692. The summed E-state index contributed by atoms with van der Waals surface area (Å²) in [7, 11) is -4.05. The van der Waals surface area contributed by atoms with Crippen LogP contribution in [0.25, 0.3) is 0 Å². The molecule has 0 spiro atoms. The lowest BCUT2D eigenvalue weighted by Gasteiger charge is -2.21. The van der Waals surface area contributed by atoms with Crippen LogP contribution < -0.4 is 5.14 Å². The molecule has 8 heteroatoms. The largest absolute Gasteiger partial charge is 0.458 e. The van der Waals surface area contributed by atoms with Crippen molar-refractivity contribution in [2.45, 2.75) is 62.9 Å². The lowest BCUT2D eigenvalue weighted by atomic mass is 9.98. The Morgan fingerprint density at radius 3 is 2.48 bits per heavy atom. The van der Waals surface area contributed by atoms with E-state index in [-0.39, 0.29) is 22.6 Å². The van der Waals surface area contributed by atoms with E-state index in [9.17, 15) is 13.2 Å². The number of esters is 1. The first-order valence-corrected chi connectivity index (χ1v) is 8.67. The zero-order valence-corrected chi connectivity index (χ0v) is 13.1. The predicted octanol–water partition coefficient (Wildman–Crippen LogP) is 1.67. The van der Waals surface area contributed by atoms with E-state index >= 15 is 0 Å². The Morgan fingerprint density at radius 1 is 1.33 bits per heavy atom. The van der Waals surface area contributed by atoms with Crippen LogP contribution >= 0.6 is 0 Å². The minimum atomic E-state index is -4.05. The molecule has 0 atom stereocenters. The molecule has 0 saturated heterocycles. The van der Waals surface area contributed by atoms with Crippen LogP contribution in [0.4, 0.5) is 0 Å². The van der Waals surface area contributed by atoms with E-state index < -0.39 is 16.0 Å². The van der Waals surface area contributed by atoms with Crippen molar-refractivity contribution in [2.75, 3.05) is 0 Å². The van der Waals surface area contributed by atoms with Crippen molar-refractivity contribution < 1.29 is 17.9 Å². The first kappa shape index (κ1) is 16.0. The molecule has 1 fully saturated rings. The summed E-state index contributed by atoms with van der Waals surface area (Å²) < 4.78 is 28.9. The molecule has 1 heterocycles. The van der Waals surface area contributed by atoms with E-state index in [0.717, 1.165) is 32.1 Å². The fourth-order valence-corrected chi connectivity index (χ4v) is 3.54. The molecule has 1 aliphatic carbocycles. The van der Waals surface area contributed by atoms with Gasteiger partial charge in [-0.05, 0) is 31.6 Å². The average molecular weight is 315 g/mol. The number of hydrogen-bond acceptors (Lipinski definition) is 5. The second-order valence-corrected chi connectivity index (χ2v) is 7.18. The zero-order valence-electron chi connectivity index (χ0n) is 12.3. The van der Waals surface area contributed by atoms with Gasteiger partial charge in [-0.1, -0.05) is 20.3 Å². The number of nitrogens with two attached hydrogens (primary N) is 1. The van der Waals surface area contributed by atoms with Crippen LogP contribution in [0.1, 0.15) is 68.1 Å². The number of hydrogen-bond donors (Lipinski definition) is 2. The predicted molar refractivity (Wildman–Crippen MR) is 76.3 cm³/mol. The normalized spacial score (nSPS) is 17.1. The molecule has 0 radical (unpaired) electrons. The molecule has 3 N–H and O–H groups in total. The maximum absolute atomic E-state index is 12.2. The van der Waals surface area contributed by atoms with E-state index in [1.807, 2.05) is 0 Å². The van der Waals surface area contributed by atoms with Crippen molar-refractivity contribution >= 4 is 16.0 Å². The minimum absolute atomic E-state index is 0.151. The number of carbonyl (C=O) groups is 1. The third kappa shape index (κ3) is 3.62. The highest BCUT2D eigenvalue weighted by atomic mass is 32.2. The molecule has 1 aromatic rings. The molecule has 0 aliphatic heterocycles. The summed E-state index contributed by atoms with van der Waals surface area (Å²) in [4.78, 5) is 11.9. The minimum Gasteiger partial charge on any atom is -0.458 e. The monoisotopic (exact) mass is 315 g/mol. The summed E-state index contributed by atoms with van der Waals surface area (Å²) in [5, 5.41) is 11.6. The van der Waals surface area contributed by atoms with Crippen LogP contribution in [0.2, 0.25) is 0 Å².